The van der Waals surface area contributed by atoms with E-state index in [1.54, 1.807) is 36.4 Å². The summed E-state index contributed by atoms with van der Waals surface area (Å²) in [4.78, 5) is 25.3. The molecule has 0 unspecified atom stereocenters. The van der Waals surface area contributed by atoms with E-state index in [0.717, 1.165) is 0 Å². The van der Waals surface area contributed by atoms with Crippen LogP contribution < -0.4 is 10.2 Å². The van der Waals surface area contributed by atoms with Crippen molar-refractivity contribution in [2.45, 2.75) is 6.92 Å². The van der Waals surface area contributed by atoms with E-state index in [-0.39, 0.29) is 18.4 Å². The number of carbonyl (C=O) groups excluding carboxylic acids is 2. The molecule has 2 rings (SSSR count). The Labute approximate surface area is 148 Å². The average Bonchev–Trinajstić information content (AvgIpc) is 2.47. The molecule has 0 aliphatic rings. The highest BCUT2D eigenvalue weighted by atomic mass is 35.5. The molecule has 0 fully saturated rings. The maximum Gasteiger partial charge on any atom is 0.244 e. The summed E-state index contributed by atoms with van der Waals surface area (Å²) in [6.45, 7) is 1.22. The number of halogens is 3. The molecule has 2 aromatic carbocycles. The van der Waals surface area contributed by atoms with E-state index in [9.17, 15) is 9.59 Å². The lowest BCUT2D eigenvalue weighted by Crippen LogP contribution is -2.36. The van der Waals surface area contributed by atoms with Crippen molar-refractivity contribution in [1.29, 1.82) is 0 Å². The number of rotatable bonds is 4. The number of hydrogen-bond donors (Lipinski definition) is 1. The number of benzene rings is 2. The van der Waals surface area contributed by atoms with Crippen molar-refractivity contribution in [1.82, 2.24) is 0 Å². The van der Waals surface area contributed by atoms with Crippen molar-refractivity contribution in [2.24, 2.45) is 0 Å². The van der Waals surface area contributed by atoms with Crippen LogP contribution in [0.25, 0.3) is 0 Å². The number of nitrogens with one attached hydrogen (secondary N) is 1. The minimum Gasteiger partial charge on any atom is -0.323 e. The number of amides is 2. The van der Waals surface area contributed by atoms with E-state index in [1.807, 2.05) is 0 Å². The van der Waals surface area contributed by atoms with Crippen LogP contribution in [0, 0.1) is 0 Å². The minimum atomic E-state index is -0.385. The molecule has 0 heterocycles. The molecule has 0 spiro atoms. The predicted octanol–water partition coefficient (Wildman–Crippen LogP) is 4.64. The van der Waals surface area contributed by atoms with E-state index < -0.39 is 0 Å². The van der Waals surface area contributed by atoms with Gasteiger partial charge in [0.1, 0.15) is 6.54 Å². The topological polar surface area (TPSA) is 49.4 Å². The van der Waals surface area contributed by atoms with Crippen molar-refractivity contribution in [3.63, 3.8) is 0 Å². The Kier molecular flexibility index (Phi) is 5.88. The summed E-state index contributed by atoms with van der Waals surface area (Å²) in [5, 5.41) is 3.92. The van der Waals surface area contributed by atoms with Crippen LogP contribution in [0.15, 0.2) is 42.5 Å². The van der Waals surface area contributed by atoms with Crippen molar-refractivity contribution in [3.05, 3.63) is 57.5 Å². The molecule has 0 aromatic heterocycles. The van der Waals surface area contributed by atoms with E-state index in [4.69, 9.17) is 34.8 Å². The zero-order valence-corrected chi connectivity index (χ0v) is 14.4. The van der Waals surface area contributed by atoms with Gasteiger partial charge in [0.25, 0.3) is 0 Å². The molecular weight excluding hydrogens is 359 g/mol. The lowest BCUT2D eigenvalue weighted by Gasteiger charge is -2.21. The first-order valence-corrected chi connectivity index (χ1v) is 7.79. The van der Waals surface area contributed by atoms with E-state index >= 15 is 0 Å². The van der Waals surface area contributed by atoms with E-state index in [1.165, 1.54) is 17.9 Å². The Bertz CT molecular complexity index is 750. The third kappa shape index (κ3) is 4.86. The van der Waals surface area contributed by atoms with Gasteiger partial charge in [0, 0.05) is 22.7 Å². The van der Waals surface area contributed by atoms with Crippen molar-refractivity contribution in [2.75, 3.05) is 16.8 Å². The van der Waals surface area contributed by atoms with Gasteiger partial charge in [-0.2, -0.15) is 0 Å². The summed E-state index contributed by atoms with van der Waals surface area (Å²) < 4.78 is 0. The molecule has 23 heavy (non-hydrogen) atoms. The second kappa shape index (κ2) is 7.68. The highest BCUT2D eigenvalue weighted by Crippen LogP contribution is 2.25. The molecule has 0 saturated carbocycles. The number of anilines is 2. The molecule has 4 nitrogen and oxygen atoms in total. The van der Waals surface area contributed by atoms with Crippen LogP contribution in [-0.2, 0) is 9.59 Å². The standard InChI is InChI=1S/C16H13Cl3N2O2/c1-10(22)21(13-4-2-3-11(17)7-13)9-16(23)20-15-6-5-12(18)8-14(15)19/h2-8H,9H2,1H3,(H,20,23). The van der Waals surface area contributed by atoms with Crippen LogP contribution in [0.5, 0.6) is 0 Å². The molecular formula is C16H13Cl3N2O2. The largest absolute Gasteiger partial charge is 0.323 e. The maximum atomic E-state index is 12.2. The van der Waals surface area contributed by atoms with Crippen LogP contribution in [0.4, 0.5) is 11.4 Å². The summed E-state index contributed by atoms with van der Waals surface area (Å²) in [6.07, 6.45) is 0. The Balaban J connectivity index is 2.14. The molecule has 2 aromatic rings. The van der Waals surface area contributed by atoms with Gasteiger partial charge in [0.05, 0.1) is 10.7 Å². The first-order chi connectivity index (χ1) is 10.9. The zero-order chi connectivity index (χ0) is 17.0. The quantitative estimate of drug-likeness (QED) is 0.851. The molecule has 2 amide bonds. The summed E-state index contributed by atoms with van der Waals surface area (Å²) in [7, 11) is 0. The third-order valence-electron chi connectivity index (χ3n) is 3.01. The average molecular weight is 372 g/mol. The number of carbonyl (C=O) groups is 2. The second-order valence-corrected chi connectivity index (χ2v) is 6.04. The van der Waals surface area contributed by atoms with Gasteiger partial charge in [-0.1, -0.05) is 40.9 Å². The second-order valence-electron chi connectivity index (χ2n) is 4.76. The highest BCUT2D eigenvalue weighted by Gasteiger charge is 2.17. The summed E-state index contributed by atoms with van der Waals surface area (Å²) in [5.41, 5.74) is 0.970. The minimum absolute atomic E-state index is 0.158. The van der Waals surface area contributed by atoms with Gasteiger partial charge < -0.3 is 10.2 Å². The number of hydrogen-bond acceptors (Lipinski definition) is 2. The molecule has 0 aliphatic heterocycles. The van der Waals surface area contributed by atoms with Gasteiger partial charge in [-0.3, -0.25) is 9.59 Å². The van der Waals surface area contributed by atoms with Gasteiger partial charge in [0.15, 0.2) is 0 Å². The van der Waals surface area contributed by atoms with Crippen LogP contribution in [0.1, 0.15) is 6.92 Å². The molecule has 0 saturated heterocycles. The summed E-state index contributed by atoms with van der Waals surface area (Å²) >= 11 is 17.8. The molecule has 0 aliphatic carbocycles. The van der Waals surface area contributed by atoms with Crippen molar-refractivity contribution in [3.8, 4) is 0 Å². The lowest BCUT2D eigenvalue weighted by atomic mass is 10.2. The lowest BCUT2D eigenvalue weighted by molar-refractivity contribution is -0.120. The van der Waals surface area contributed by atoms with Gasteiger partial charge in [-0.25, -0.2) is 0 Å². The van der Waals surface area contributed by atoms with Gasteiger partial charge >= 0.3 is 0 Å². The first-order valence-electron chi connectivity index (χ1n) is 6.65. The fraction of sp³-hybridized carbons (Fsp3) is 0.125. The Hall–Kier alpha value is -1.75. The molecule has 0 bridgehead atoms. The number of nitrogens with zero attached hydrogens (tertiary/aromatic N) is 1. The smallest absolute Gasteiger partial charge is 0.244 e. The van der Waals surface area contributed by atoms with Gasteiger partial charge in [0.2, 0.25) is 11.8 Å². The monoisotopic (exact) mass is 370 g/mol. The van der Waals surface area contributed by atoms with Gasteiger partial charge in [-0.15, -0.1) is 0 Å². The van der Waals surface area contributed by atoms with Gasteiger partial charge in [-0.05, 0) is 36.4 Å². The summed E-state index contributed by atoms with van der Waals surface area (Å²) in [6, 6.07) is 11.5. The summed E-state index contributed by atoms with van der Waals surface area (Å²) in [5.74, 6) is -0.658. The Morgan fingerprint density at radius 3 is 2.35 bits per heavy atom. The fourth-order valence-corrected chi connectivity index (χ4v) is 2.59. The Morgan fingerprint density at radius 2 is 1.74 bits per heavy atom. The SMILES string of the molecule is CC(=O)N(CC(=O)Nc1ccc(Cl)cc1Cl)c1cccc(Cl)c1. The van der Waals surface area contributed by atoms with Crippen LogP contribution in [0.3, 0.4) is 0 Å². The molecule has 0 atom stereocenters. The first kappa shape index (κ1) is 17.6. The molecule has 7 heteroatoms. The molecule has 1 N–H and O–H groups in total. The Morgan fingerprint density at radius 1 is 1.04 bits per heavy atom. The third-order valence-corrected chi connectivity index (χ3v) is 3.79. The maximum absolute atomic E-state index is 12.2. The molecule has 0 radical (unpaired) electrons. The van der Waals surface area contributed by atoms with Crippen LogP contribution in [-0.4, -0.2) is 18.4 Å². The van der Waals surface area contributed by atoms with Crippen LogP contribution >= 0.6 is 34.8 Å². The van der Waals surface area contributed by atoms with Crippen molar-refractivity contribution >= 4 is 58.0 Å². The zero-order valence-electron chi connectivity index (χ0n) is 12.1. The van der Waals surface area contributed by atoms with Crippen LogP contribution in [0.2, 0.25) is 15.1 Å². The highest BCUT2D eigenvalue weighted by molar-refractivity contribution is 6.36. The normalized spacial score (nSPS) is 10.3. The van der Waals surface area contributed by atoms with E-state index in [0.29, 0.717) is 26.4 Å². The fourth-order valence-electron chi connectivity index (χ4n) is 1.95. The molecule has 120 valence electrons. The predicted molar refractivity (Wildman–Crippen MR) is 94.6 cm³/mol. The van der Waals surface area contributed by atoms with E-state index in [2.05, 4.69) is 5.32 Å². The van der Waals surface area contributed by atoms with Crippen molar-refractivity contribution < 1.29 is 9.59 Å².